The highest BCUT2D eigenvalue weighted by atomic mass is 32.1. The van der Waals surface area contributed by atoms with Gasteiger partial charge in [-0.25, -0.2) is 4.98 Å². The number of carbonyl (C=O) groups excluding carboxylic acids is 3. The van der Waals surface area contributed by atoms with E-state index in [4.69, 9.17) is 0 Å². The second-order valence-electron chi connectivity index (χ2n) is 8.99. The molecule has 0 radical (unpaired) electrons. The van der Waals surface area contributed by atoms with Crippen molar-refractivity contribution in [2.45, 2.75) is 52.7 Å². The van der Waals surface area contributed by atoms with Crippen molar-refractivity contribution in [2.75, 3.05) is 13.6 Å². The molecule has 3 rings (SSSR count). The number of hydrogen-bond donors (Lipinski definition) is 2. The van der Waals surface area contributed by atoms with E-state index in [1.165, 1.54) is 4.90 Å². The van der Waals surface area contributed by atoms with Gasteiger partial charge in [0, 0.05) is 13.0 Å². The van der Waals surface area contributed by atoms with E-state index in [0.29, 0.717) is 6.54 Å². The first-order chi connectivity index (χ1) is 14.6. The molecule has 0 saturated carbocycles. The third kappa shape index (κ3) is 5.19. The number of benzene rings is 1. The number of likely N-dealkylation sites (tertiary alicyclic amines) is 1. The average molecular weight is 443 g/mol. The van der Waals surface area contributed by atoms with E-state index in [9.17, 15) is 14.4 Å². The van der Waals surface area contributed by atoms with Gasteiger partial charge < -0.3 is 15.5 Å². The van der Waals surface area contributed by atoms with Gasteiger partial charge in [0.1, 0.15) is 6.04 Å². The highest BCUT2D eigenvalue weighted by molar-refractivity contribution is 7.13. The number of Topliss-reactive ketones (excluding diaryl/α,β-unsaturated/α-hetero) is 1. The summed E-state index contributed by atoms with van der Waals surface area (Å²) in [5.41, 5.74) is 4.53. The lowest BCUT2D eigenvalue weighted by atomic mass is 9.86. The minimum Gasteiger partial charge on any atom is -0.350 e. The fourth-order valence-corrected chi connectivity index (χ4v) is 4.72. The first kappa shape index (κ1) is 23.1. The van der Waals surface area contributed by atoms with Gasteiger partial charge in [0.2, 0.25) is 11.8 Å². The second kappa shape index (κ2) is 9.28. The highest BCUT2D eigenvalue weighted by Crippen LogP contribution is 2.27. The number of hydrogen-bond acceptors (Lipinski definition) is 6. The molecule has 1 saturated heterocycles. The third-order valence-corrected chi connectivity index (χ3v) is 6.54. The van der Waals surface area contributed by atoms with Gasteiger partial charge in [-0.15, -0.1) is 11.3 Å². The number of amides is 2. The smallest absolute Gasteiger partial charge is 0.243 e. The van der Waals surface area contributed by atoms with Crippen LogP contribution in [0.2, 0.25) is 0 Å². The summed E-state index contributed by atoms with van der Waals surface area (Å²) in [5.74, 6) is -0.614. The van der Waals surface area contributed by atoms with Crippen LogP contribution in [0.1, 0.15) is 38.4 Å². The van der Waals surface area contributed by atoms with E-state index in [0.717, 1.165) is 21.7 Å². The lowest BCUT2D eigenvalue weighted by Gasteiger charge is -2.34. The zero-order chi connectivity index (χ0) is 22.8. The van der Waals surface area contributed by atoms with Crippen molar-refractivity contribution in [2.24, 2.45) is 5.41 Å². The van der Waals surface area contributed by atoms with Gasteiger partial charge in [-0.1, -0.05) is 45.0 Å². The molecule has 2 atom stereocenters. The molecule has 1 aromatic carbocycles. The van der Waals surface area contributed by atoms with Crippen LogP contribution >= 0.6 is 11.3 Å². The molecular weight excluding hydrogens is 412 g/mol. The first-order valence-corrected chi connectivity index (χ1v) is 11.3. The molecule has 1 fully saturated rings. The van der Waals surface area contributed by atoms with Gasteiger partial charge >= 0.3 is 0 Å². The Morgan fingerprint density at radius 2 is 1.94 bits per heavy atom. The van der Waals surface area contributed by atoms with Crippen molar-refractivity contribution in [3.63, 3.8) is 0 Å². The SMILES string of the molecule is CN[C@H](C(=O)N1CC(=O)C[C@H]1C(=O)NCc1ccc(-c2scnc2C)cc1)C(C)(C)C. The fraction of sp³-hybridized carbons (Fsp3) is 0.478. The number of carbonyl (C=O) groups is 3. The predicted molar refractivity (Wildman–Crippen MR) is 122 cm³/mol. The standard InChI is InChI=1S/C23H30N4O3S/c1-14-19(31-13-26-14)16-8-6-15(7-9-16)11-25-21(29)18-10-17(28)12-27(18)22(30)20(24-5)23(2,3)4/h6-9,13,18,20,24H,10-12H2,1-5H3,(H,25,29)/t18-,20+/m0/s1. The van der Waals surface area contributed by atoms with E-state index in [1.54, 1.807) is 18.4 Å². The predicted octanol–water partition coefficient (Wildman–Crippen LogP) is 2.54. The minimum atomic E-state index is -0.766. The van der Waals surface area contributed by atoms with E-state index >= 15 is 0 Å². The molecule has 0 bridgehead atoms. The third-order valence-electron chi connectivity index (χ3n) is 5.56. The Hall–Kier alpha value is -2.58. The number of aromatic nitrogens is 1. The maximum atomic E-state index is 13.1. The maximum Gasteiger partial charge on any atom is 0.243 e. The molecule has 1 aliphatic rings. The fourth-order valence-electron chi connectivity index (χ4n) is 3.91. The highest BCUT2D eigenvalue weighted by Gasteiger charge is 2.43. The summed E-state index contributed by atoms with van der Waals surface area (Å²) in [5, 5.41) is 5.93. The Morgan fingerprint density at radius 1 is 1.26 bits per heavy atom. The number of thiazole rings is 1. The molecule has 31 heavy (non-hydrogen) atoms. The van der Waals surface area contributed by atoms with Crippen molar-refractivity contribution in [3.8, 4) is 10.4 Å². The van der Waals surface area contributed by atoms with Crippen LogP contribution in [-0.4, -0.2) is 53.2 Å². The molecule has 2 N–H and O–H groups in total. The Bertz CT molecular complexity index is 962. The molecular formula is C23H30N4O3S. The molecule has 0 unspecified atom stereocenters. The van der Waals surface area contributed by atoms with Crippen LogP contribution in [0.5, 0.6) is 0 Å². The summed E-state index contributed by atoms with van der Waals surface area (Å²) in [6, 6.07) is 6.71. The Balaban J connectivity index is 1.65. The largest absolute Gasteiger partial charge is 0.350 e. The molecule has 0 spiro atoms. The Kier molecular flexibility index (Phi) is 6.91. The number of likely N-dealkylation sites (N-methyl/N-ethyl adjacent to an activating group) is 1. The quantitative estimate of drug-likeness (QED) is 0.717. The summed E-state index contributed by atoms with van der Waals surface area (Å²) in [6.07, 6.45) is 0.0573. The number of ketones is 1. The van der Waals surface area contributed by atoms with Crippen LogP contribution < -0.4 is 10.6 Å². The molecule has 2 aromatic rings. The zero-order valence-electron chi connectivity index (χ0n) is 18.7. The van der Waals surface area contributed by atoms with E-state index in [1.807, 2.05) is 57.5 Å². The Labute approximate surface area is 187 Å². The number of aryl methyl sites for hydroxylation is 1. The van der Waals surface area contributed by atoms with Crippen LogP contribution in [0.3, 0.4) is 0 Å². The van der Waals surface area contributed by atoms with Crippen molar-refractivity contribution < 1.29 is 14.4 Å². The van der Waals surface area contributed by atoms with Gasteiger partial charge in [0.25, 0.3) is 0 Å². The lowest BCUT2D eigenvalue weighted by Crippen LogP contribution is -2.55. The molecule has 1 aliphatic heterocycles. The van der Waals surface area contributed by atoms with Crippen LogP contribution in [0.15, 0.2) is 29.8 Å². The van der Waals surface area contributed by atoms with Gasteiger partial charge in [0.05, 0.1) is 28.7 Å². The van der Waals surface area contributed by atoms with Crippen LogP contribution in [0.25, 0.3) is 10.4 Å². The van der Waals surface area contributed by atoms with Gasteiger partial charge in [-0.3, -0.25) is 14.4 Å². The Morgan fingerprint density at radius 3 is 2.48 bits per heavy atom. The molecule has 8 heteroatoms. The summed E-state index contributed by atoms with van der Waals surface area (Å²) >= 11 is 1.60. The summed E-state index contributed by atoms with van der Waals surface area (Å²) in [6.45, 7) is 8.16. The second-order valence-corrected chi connectivity index (χ2v) is 9.85. The van der Waals surface area contributed by atoms with E-state index in [2.05, 4.69) is 15.6 Å². The first-order valence-electron chi connectivity index (χ1n) is 10.4. The zero-order valence-corrected chi connectivity index (χ0v) is 19.5. The normalized spacial score (nSPS) is 17.6. The van der Waals surface area contributed by atoms with Crippen LogP contribution in [0, 0.1) is 12.3 Å². The van der Waals surface area contributed by atoms with Gasteiger partial charge in [-0.05, 0) is 30.5 Å². The minimum absolute atomic E-state index is 0.0198. The van der Waals surface area contributed by atoms with Crippen molar-refractivity contribution in [3.05, 3.63) is 41.0 Å². The van der Waals surface area contributed by atoms with Crippen LogP contribution in [0.4, 0.5) is 0 Å². The monoisotopic (exact) mass is 442 g/mol. The summed E-state index contributed by atoms with van der Waals surface area (Å²) < 4.78 is 0. The molecule has 0 aliphatic carbocycles. The van der Waals surface area contributed by atoms with Crippen molar-refractivity contribution in [1.29, 1.82) is 0 Å². The molecule has 1 aromatic heterocycles. The van der Waals surface area contributed by atoms with E-state index in [-0.39, 0.29) is 36.0 Å². The maximum absolute atomic E-state index is 13.1. The number of nitrogens with zero attached hydrogens (tertiary/aromatic N) is 2. The molecule has 7 nitrogen and oxygen atoms in total. The topological polar surface area (TPSA) is 91.4 Å². The number of nitrogens with one attached hydrogen (secondary N) is 2. The molecule has 166 valence electrons. The van der Waals surface area contributed by atoms with Gasteiger partial charge in [0.15, 0.2) is 5.78 Å². The van der Waals surface area contributed by atoms with E-state index < -0.39 is 12.1 Å². The molecule has 2 amide bonds. The number of rotatable bonds is 6. The summed E-state index contributed by atoms with van der Waals surface area (Å²) in [7, 11) is 1.72. The lowest BCUT2D eigenvalue weighted by molar-refractivity contribution is -0.142. The van der Waals surface area contributed by atoms with Crippen molar-refractivity contribution >= 4 is 28.9 Å². The average Bonchev–Trinajstić information content (AvgIpc) is 3.31. The van der Waals surface area contributed by atoms with Crippen LogP contribution in [-0.2, 0) is 20.9 Å². The summed E-state index contributed by atoms with van der Waals surface area (Å²) in [4.78, 5) is 44.8. The molecule has 2 heterocycles. The van der Waals surface area contributed by atoms with Crippen molar-refractivity contribution in [1.82, 2.24) is 20.5 Å². The van der Waals surface area contributed by atoms with Gasteiger partial charge in [-0.2, -0.15) is 0 Å².